The Kier molecular flexibility index (Phi) is 3.92. The molecule has 3 heteroatoms. The summed E-state index contributed by atoms with van der Waals surface area (Å²) in [6, 6.07) is 7.34. The number of rotatable bonds is 4. The maximum absolute atomic E-state index is 10.6. The number of aliphatic carboxylic acids is 1. The molecule has 1 N–H and O–H groups in total. The summed E-state index contributed by atoms with van der Waals surface area (Å²) in [6.07, 6.45) is 2.92. The zero-order valence-corrected chi connectivity index (χ0v) is 8.81. The van der Waals surface area contributed by atoms with Crippen LogP contribution in [0.25, 0.3) is 6.08 Å². The molecule has 1 aromatic rings. The first-order chi connectivity index (χ1) is 7.15. The van der Waals surface area contributed by atoms with E-state index in [2.05, 4.69) is 0 Å². The molecule has 0 radical (unpaired) electrons. The summed E-state index contributed by atoms with van der Waals surface area (Å²) in [4.78, 5) is 10.6. The van der Waals surface area contributed by atoms with E-state index in [1.165, 1.54) is 6.92 Å². The van der Waals surface area contributed by atoms with Crippen LogP contribution in [-0.4, -0.2) is 17.2 Å². The van der Waals surface area contributed by atoms with Gasteiger partial charge in [-0.15, -0.1) is 0 Å². The van der Waals surface area contributed by atoms with E-state index in [4.69, 9.17) is 9.84 Å². The standard InChI is InChI=1S/C12H14O3/c1-3-6-10-7-4-5-8-11(10)15-9(2)12(13)14/h3-9H,1-2H3,(H,13,14)/b6-3+/t9-/m0/s1. The van der Waals surface area contributed by atoms with Gasteiger partial charge in [-0.2, -0.15) is 0 Å². The van der Waals surface area contributed by atoms with E-state index >= 15 is 0 Å². The zero-order valence-electron chi connectivity index (χ0n) is 8.81. The van der Waals surface area contributed by atoms with Gasteiger partial charge in [0.1, 0.15) is 5.75 Å². The van der Waals surface area contributed by atoms with E-state index in [1.54, 1.807) is 6.07 Å². The lowest BCUT2D eigenvalue weighted by atomic mass is 10.2. The van der Waals surface area contributed by atoms with Crippen LogP contribution in [0.5, 0.6) is 5.75 Å². The van der Waals surface area contributed by atoms with Crippen molar-refractivity contribution in [3.05, 3.63) is 35.9 Å². The van der Waals surface area contributed by atoms with Crippen LogP contribution in [0.3, 0.4) is 0 Å². The van der Waals surface area contributed by atoms with Gasteiger partial charge in [0.05, 0.1) is 0 Å². The van der Waals surface area contributed by atoms with Crippen molar-refractivity contribution in [1.82, 2.24) is 0 Å². The van der Waals surface area contributed by atoms with Crippen LogP contribution in [0.1, 0.15) is 19.4 Å². The number of hydrogen-bond acceptors (Lipinski definition) is 2. The first kappa shape index (κ1) is 11.3. The molecule has 0 fully saturated rings. The van der Waals surface area contributed by atoms with Gasteiger partial charge in [-0.3, -0.25) is 0 Å². The number of carboxylic acids is 1. The summed E-state index contributed by atoms with van der Waals surface area (Å²) >= 11 is 0. The fourth-order valence-electron chi connectivity index (χ4n) is 1.15. The molecule has 0 spiro atoms. The lowest BCUT2D eigenvalue weighted by molar-refractivity contribution is -0.144. The summed E-state index contributed by atoms with van der Waals surface area (Å²) in [7, 11) is 0. The topological polar surface area (TPSA) is 46.5 Å². The predicted octanol–water partition coefficient (Wildman–Crippen LogP) is 2.57. The van der Waals surface area contributed by atoms with Crippen molar-refractivity contribution in [3.8, 4) is 5.75 Å². The fourth-order valence-corrected chi connectivity index (χ4v) is 1.15. The number of carboxylic acid groups (broad SMARTS) is 1. The summed E-state index contributed by atoms with van der Waals surface area (Å²) in [5.74, 6) is -0.379. The number of ether oxygens (including phenoxy) is 1. The lowest BCUT2D eigenvalue weighted by Crippen LogP contribution is -2.23. The van der Waals surface area contributed by atoms with E-state index in [-0.39, 0.29) is 0 Å². The molecule has 15 heavy (non-hydrogen) atoms. The molecule has 0 aliphatic carbocycles. The number of allylic oxidation sites excluding steroid dienone is 1. The molecule has 0 bridgehead atoms. The Bertz CT molecular complexity index is 369. The summed E-state index contributed by atoms with van der Waals surface area (Å²) < 4.78 is 5.31. The highest BCUT2D eigenvalue weighted by atomic mass is 16.5. The van der Waals surface area contributed by atoms with E-state index in [9.17, 15) is 4.79 Å². The van der Waals surface area contributed by atoms with Gasteiger partial charge < -0.3 is 9.84 Å². The van der Waals surface area contributed by atoms with Crippen LogP contribution in [-0.2, 0) is 4.79 Å². The third-order valence-corrected chi connectivity index (χ3v) is 1.92. The highest BCUT2D eigenvalue weighted by Gasteiger charge is 2.13. The molecule has 0 aliphatic rings. The average molecular weight is 206 g/mol. The number of carbonyl (C=O) groups is 1. The molecule has 1 rings (SSSR count). The van der Waals surface area contributed by atoms with Crippen molar-refractivity contribution < 1.29 is 14.6 Å². The molecule has 0 amide bonds. The predicted molar refractivity (Wildman–Crippen MR) is 58.9 cm³/mol. The van der Waals surface area contributed by atoms with E-state index < -0.39 is 12.1 Å². The fraction of sp³-hybridized carbons (Fsp3) is 0.250. The maximum atomic E-state index is 10.6. The van der Waals surface area contributed by atoms with Gasteiger partial charge in [0, 0.05) is 5.56 Å². The molecule has 0 unspecified atom stereocenters. The molecule has 1 atom stereocenters. The molecule has 0 heterocycles. The third-order valence-electron chi connectivity index (χ3n) is 1.92. The van der Waals surface area contributed by atoms with Crippen LogP contribution in [0.2, 0.25) is 0 Å². The summed E-state index contributed by atoms with van der Waals surface area (Å²) in [5.41, 5.74) is 0.883. The number of hydrogen-bond donors (Lipinski definition) is 1. The molecular weight excluding hydrogens is 192 g/mol. The van der Waals surface area contributed by atoms with Gasteiger partial charge in [-0.25, -0.2) is 4.79 Å². The molecule has 0 saturated heterocycles. The van der Waals surface area contributed by atoms with Gasteiger partial charge in [0.2, 0.25) is 0 Å². The second-order valence-electron chi connectivity index (χ2n) is 3.14. The maximum Gasteiger partial charge on any atom is 0.344 e. The Hall–Kier alpha value is -1.77. The van der Waals surface area contributed by atoms with Crippen molar-refractivity contribution in [2.75, 3.05) is 0 Å². The van der Waals surface area contributed by atoms with E-state index in [0.717, 1.165) is 5.56 Å². The average Bonchev–Trinajstić information content (AvgIpc) is 2.21. The summed E-state index contributed by atoms with van der Waals surface area (Å²) in [6.45, 7) is 3.41. The van der Waals surface area contributed by atoms with Crippen molar-refractivity contribution >= 4 is 12.0 Å². The Morgan fingerprint density at radius 3 is 2.73 bits per heavy atom. The van der Waals surface area contributed by atoms with Crippen molar-refractivity contribution in [2.24, 2.45) is 0 Å². The van der Waals surface area contributed by atoms with Crippen molar-refractivity contribution in [3.63, 3.8) is 0 Å². The Balaban J connectivity index is 2.88. The van der Waals surface area contributed by atoms with Gasteiger partial charge in [0.25, 0.3) is 0 Å². The van der Waals surface area contributed by atoms with Gasteiger partial charge in [0.15, 0.2) is 6.10 Å². The van der Waals surface area contributed by atoms with Crippen LogP contribution in [0.15, 0.2) is 30.3 Å². The minimum absolute atomic E-state index is 0.588. The van der Waals surface area contributed by atoms with Crippen LogP contribution >= 0.6 is 0 Å². The minimum Gasteiger partial charge on any atom is -0.479 e. The molecule has 0 aromatic heterocycles. The Labute approximate surface area is 89.0 Å². The van der Waals surface area contributed by atoms with E-state index in [0.29, 0.717) is 5.75 Å². The minimum atomic E-state index is -0.967. The largest absolute Gasteiger partial charge is 0.479 e. The second-order valence-corrected chi connectivity index (χ2v) is 3.14. The molecule has 3 nitrogen and oxygen atoms in total. The first-order valence-corrected chi connectivity index (χ1v) is 4.76. The van der Waals surface area contributed by atoms with E-state index in [1.807, 2.05) is 37.3 Å². The van der Waals surface area contributed by atoms with Gasteiger partial charge in [-0.05, 0) is 19.9 Å². The third kappa shape index (κ3) is 3.13. The second kappa shape index (κ2) is 5.20. The van der Waals surface area contributed by atoms with Crippen molar-refractivity contribution in [1.29, 1.82) is 0 Å². The highest BCUT2D eigenvalue weighted by Crippen LogP contribution is 2.20. The highest BCUT2D eigenvalue weighted by molar-refractivity contribution is 5.72. The van der Waals surface area contributed by atoms with Crippen LogP contribution in [0.4, 0.5) is 0 Å². The molecule has 1 aromatic carbocycles. The Morgan fingerprint density at radius 1 is 1.47 bits per heavy atom. The van der Waals surface area contributed by atoms with Gasteiger partial charge >= 0.3 is 5.97 Å². The molecule has 0 aliphatic heterocycles. The number of para-hydroxylation sites is 1. The van der Waals surface area contributed by atoms with Crippen molar-refractivity contribution in [2.45, 2.75) is 20.0 Å². The molecule has 80 valence electrons. The quantitative estimate of drug-likeness (QED) is 0.823. The summed E-state index contributed by atoms with van der Waals surface area (Å²) in [5, 5.41) is 8.72. The normalized spacial score (nSPS) is 12.7. The Morgan fingerprint density at radius 2 is 2.13 bits per heavy atom. The lowest BCUT2D eigenvalue weighted by Gasteiger charge is -2.12. The molecular formula is C12H14O3. The molecule has 0 saturated carbocycles. The zero-order chi connectivity index (χ0) is 11.3. The van der Waals surface area contributed by atoms with Crippen LogP contribution < -0.4 is 4.74 Å². The monoisotopic (exact) mass is 206 g/mol. The smallest absolute Gasteiger partial charge is 0.344 e. The van der Waals surface area contributed by atoms with Crippen LogP contribution in [0, 0.1) is 0 Å². The number of benzene rings is 1. The first-order valence-electron chi connectivity index (χ1n) is 4.76. The van der Waals surface area contributed by atoms with Gasteiger partial charge in [-0.1, -0.05) is 30.4 Å². The SMILES string of the molecule is C/C=C/c1ccccc1O[C@@H](C)C(=O)O.